The van der Waals surface area contributed by atoms with Crippen LogP contribution in [0, 0.1) is 18.3 Å². The smallest absolute Gasteiger partial charge is 0.145 e. The molecular formula is C15H13ClN2O. The van der Waals surface area contributed by atoms with Crippen molar-refractivity contribution in [1.29, 1.82) is 5.26 Å². The third-order valence-electron chi connectivity index (χ3n) is 2.76. The number of nitriles is 1. The minimum Gasteiger partial charge on any atom is -0.456 e. The van der Waals surface area contributed by atoms with Crippen LogP contribution in [-0.4, -0.2) is 0 Å². The van der Waals surface area contributed by atoms with Gasteiger partial charge in [0.15, 0.2) is 0 Å². The normalized spacial score (nSPS) is 10.0. The van der Waals surface area contributed by atoms with Crippen molar-refractivity contribution in [1.82, 2.24) is 0 Å². The van der Waals surface area contributed by atoms with Crippen LogP contribution >= 0.6 is 11.6 Å². The highest BCUT2D eigenvalue weighted by Crippen LogP contribution is 2.28. The number of hydrogen-bond acceptors (Lipinski definition) is 3. The molecule has 0 unspecified atom stereocenters. The van der Waals surface area contributed by atoms with E-state index in [0.29, 0.717) is 28.6 Å². The molecule has 96 valence electrons. The fourth-order valence-electron chi connectivity index (χ4n) is 1.69. The van der Waals surface area contributed by atoms with Crippen LogP contribution in [0.4, 0.5) is 0 Å². The van der Waals surface area contributed by atoms with Crippen molar-refractivity contribution in [2.75, 3.05) is 0 Å². The lowest BCUT2D eigenvalue weighted by Crippen LogP contribution is -1.97. The van der Waals surface area contributed by atoms with E-state index in [9.17, 15) is 0 Å². The zero-order valence-corrected chi connectivity index (χ0v) is 11.2. The van der Waals surface area contributed by atoms with Crippen LogP contribution in [0.5, 0.6) is 11.5 Å². The molecule has 0 aliphatic rings. The molecule has 3 nitrogen and oxygen atoms in total. The number of nitrogens with zero attached hydrogens (tertiary/aromatic N) is 1. The standard InChI is InChI=1S/C15H13ClN2O/c1-10-6-13(3-4-14(10)16)19-15-5-2-11(8-17)7-12(15)9-18/h2-7H,8,17H2,1H3. The third kappa shape index (κ3) is 3.05. The van der Waals surface area contributed by atoms with E-state index >= 15 is 0 Å². The molecule has 0 heterocycles. The Balaban J connectivity index is 2.33. The first-order chi connectivity index (χ1) is 9.13. The van der Waals surface area contributed by atoms with E-state index in [1.807, 2.05) is 19.1 Å². The lowest BCUT2D eigenvalue weighted by molar-refractivity contribution is 0.480. The quantitative estimate of drug-likeness (QED) is 0.925. The van der Waals surface area contributed by atoms with Gasteiger partial charge in [-0.3, -0.25) is 0 Å². The highest BCUT2D eigenvalue weighted by atomic mass is 35.5. The summed E-state index contributed by atoms with van der Waals surface area (Å²) in [4.78, 5) is 0. The second-order valence-corrected chi connectivity index (χ2v) is 4.57. The van der Waals surface area contributed by atoms with Crippen molar-refractivity contribution in [3.8, 4) is 17.6 Å². The largest absolute Gasteiger partial charge is 0.456 e. The Hall–Kier alpha value is -2.02. The fourth-order valence-corrected chi connectivity index (χ4v) is 1.81. The van der Waals surface area contributed by atoms with Gasteiger partial charge in [-0.25, -0.2) is 0 Å². The summed E-state index contributed by atoms with van der Waals surface area (Å²) in [6, 6.07) is 12.8. The molecular weight excluding hydrogens is 260 g/mol. The summed E-state index contributed by atoms with van der Waals surface area (Å²) in [7, 11) is 0. The van der Waals surface area contributed by atoms with Gasteiger partial charge in [-0.1, -0.05) is 17.7 Å². The Labute approximate surface area is 117 Å². The minimum absolute atomic E-state index is 0.398. The molecule has 0 spiro atoms. The van der Waals surface area contributed by atoms with Crippen molar-refractivity contribution in [3.63, 3.8) is 0 Å². The summed E-state index contributed by atoms with van der Waals surface area (Å²) in [5.74, 6) is 1.17. The lowest BCUT2D eigenvalue weighted by Gasteiger charge is -2.09. The molecule has 0 fully saturated rings. The summed E-state index contributed by atoms with van der Waals surface area (Å²) < 4.78 is 5.71. The van der Waals surface area contributed by atoms with Gasteiger partial charge in [-0.05, 0) is 48.4 Å². The van der Waals surface area contributed by atoms with Gasteiger partial charge in [-0.15, -0.1) is 0 Å². The molecule has 0 amide bonds. The predicted octanol–water partition coefficient (Wildman–Crippen LogP) is 3.77. The van der Waals surface area contributed by atoms with Gasteiger partial charge in [0.1, 0.15) is 17.6 Å². The Bertz CT molecular complexity index is 647. The van der Waals surface area contributed by atoms with Crippen LogP contribution < -0.4 is 10.5 Å². The van der Waals surface area contributed by atoms with E-state index in [4.69, 9.17) is 27.3 Å². The lowest BCUT2D eigenvalue weighted by atomic mass is 10.1. The first kappa shape index (κ1) is 13.4. The number of hydrogen-bond donors (Lipinski definition) is 1. The second-order valence-electron chi connectivity index (χ2n) is 4.16. The Morgan fingerprint density at radius 3 is 2.68 bits per heavy atom. The molecule has 19 heavy (non-hydrogen) atoms. The van der Waals surface area contributed by atoms with Gasteiger partial charge in [0.05, 0.1) is 5.56 Å². The average Bonchev–Trinajstić information content (AvgIpc) is 2.43. The molecule has 4 heteroatoms. The van der Waals surface area contributed by atoms with Gasteiger partial charge in [0.2, 0.25) is 0 Å². The molecule has 0 bridgehead atoms. The van der Waals surface area contributed by atoms with E-state index < -0.39 is 0 Å². The van der Waals surface area contributed by atoms with Gasteiger partial charge in [0.25, 0.3) is 0 Å². The summed E-state index contributed by atoms with van der Waals surface area (Å²) in [6.45, 7) is 2.30. The monoisotopic (exact) mass is 272 g/mol. The van der Waals surface area contributed by atoms with Crippen LogP contribution in [0.1, 0.15) is 16.7 Å². The Morgan fingerprint density at radius 2 is 2.05 bits per heavy atom. The van der Waals surface area contributed by atoms with E-state index in [1.54, 1.807) is 24.3 Å². The van der Waals surface area contributed by atoms with Crippen molar-refractivity contribution in [2.24, 2.45) is 5.73 Å². The molecule has 2 aromatic rings. The summed E-state index contributed by atoms with van der Waals surface area (Å²) in [5, 5.41) is 9.81. The molecule has 2 rings (SSSR count). The summed E-state index contributed by atoms with van der Waals surface area (Å²) in [5.41, 5.74) is 7.84. The molecule has 2 aromatic carbocycles. The first-order valence-electron chi connectivity index (χ1n) is 5.81. The van der Waals surface area contributed by atoms with Gasteiger partial charge >= 0.3 is 0 Å². The van der Waals surface area contributed by atoms with E-state index in [-0.39, 0.29) is 0 Å². The van der Waals surface area contributed by atoms with Crippen molar-refractivity contribution < 1.29 is 4.74 Å². The number of benzene rings is 2. The maximum absolute atomic E-state index is 9.12. The number of nitrogens with two attached hydrogens (primary N) is 1. The van der Waals surface area contributed by atoms with Crippen LogP contribution in [0.25, 0.3) is 0 Å². The van der Waals surface area contributed by atoms with Crippen molar-refractivity contribution in [2.45, 2.75) is 13.5 Å². The molecule has 0 radical (unpaired) electrons. The molecule has 0 aromatic heterocycles. The van der Waals surface area contributed by atoms with Crippen LogP contribution in [-0.2, 0) is 6.54 Å². The second kappa shape index (κ2) is 5.75. The molecule has 0 aliphatic heterocycles. The van der Waals surface area contributed by atoms with Gasteiger partial charge in [-0.2, -0.15) is 5.26 Å². The zero-order chi connectivity index (χ0) is 13.8. The molecule has 0 aliphatic carbocycles. The number of rotatable bonds is 3. The molecule has 0 atom stereocenters. The predicted molar refractivity (Wildman–Crippen MR) is 75.3 cm³/mol. The van der Waals surface area contributed by atoms with Crippen molar-refractivity contribution in [3.05, 3.63) is 58.1 Å². The maximum Gasteiger partial charge on any atom is 0.145 e. The summed E-state index contributed by atoms with van der Waals surface area (Å²) in [6.07, 6.45) is 0. The fraction of sp³-hybridized carbons (Fsp3) is 0.133. The van der Waals surface area contributed by atoms with Gasteiger partial charge in [0, 0.05) is 11.6 Å². The topological polar surface area (TPSA) is 59.0 Å². The zero-order valence-electron chi connectivity index (χ0n) is 10.5. The van der Waals surface area contributed by atoms with E-state index in [0.717, 1.165) is 11.1 Å². The number of ether oxygens (including phenoxy) is 1. The highest BCUT2D eigenvalue weighted by molar-refractivity contribution is 6.31. The molecule has 0 saturated carbocycles. The molecule has 0 saturated heterocycles. The van der Waals surface area contributed by atoms with Crippen LogP contribution in [0.2, 0.25) is 5.02 Å². The molecule has 2 N–H and O–H groups in total. The SMILES string of the molecule is Cc1cc(Oc2ccc(CN)cc2C#N)ccc1Cl. The minimum atomic E-state index is 0.398. The Morgan fingerprint density at radius 1 is 1.26 bits per heavy atom. The van der Waals surface area contributed by atoms with Crippen LogP contribution in [0.3, 0.4) is 0 Å². The maximum atomic E-state index is 9.12. The number of halogens is 1. The summed E-state index contributed by atoms with van der Waals surface area (Å²) >= 11 is 5.96. The van der Waals surface area contributed by atoms with Crippen LogP contribution in [0.15, 0.2) is 36.4 Å². The highest BCUT2D eigenvalue weighted by Gasteiger charge is 2.06. The average molecular weight is 273 g/mol. The third-order valence-corrected chi connectivity index (χ3v) is 3.18. The Kier molecular flexibility index (Phi) is 4.06. The first-order valence-corrected chi connectivity index (χ1v) is 6.19. The van der Waals surface area contributed by atoms with Crippen molar-refractivity contribution >= 4 is 11.6 Å². The number of aryl methyl sites for hydroxylation is 1. The van der Waals surface area contributed by atoms with E-state index in [1.165, 1.54) is 0 Å². The van der Waals surface area contributed by atoms with Gasteiger partial charge < -0.3 is 10.5 Å². The van der Waals surface area contributed by atoms with E-state index in [2.05, 4.69) is 6.07 Å².